The van der Waals surface area contributed by atoms with Crippen LogP contribution in [-0.2, 0) is 6.54 Å². The van der Waals surface area contributed by atoms with Gasteiger partial charge in [-0.2, -0.15) is 0 Å². The van der Waals surface area contributed by atoms with E-state index in [1.807, 2.05) is 19.1 Å². The molecule has 106 valence electrons. The molecular formula is C16H17BrFNO. The molecule has 0 fully saturated rings. The molecule has 0 atom stereocenters. The Kier molecular flexibility index (Phi) is 5.15. The van der Waals surface area contributed by atoms with Crippen molar-refractivity contribution in [2.75, 3.05) is 6.54 Å². The van der Waals surface area contributed by atoms with Crippen LogP contribution in [0, 0.1) is 12.7 Å². The van der Waals surface area contributed by atoms with Crippen LogP contribution in [0.4, 0.5) is 4.39 Å². The summed E-state index contributed by atoms with van der Waals surface area (Å²) >= 11 is 3.13. The molecule has 0 unspecified atom stereocenters. The van der Waals surface area contributed by atoms with Crippen molar-refractivity contribution >= 4 is 15.9 Å². The molecule has 0 aliphatic rings. The number of hydrogen-bond acceptors (Lipinski definition) is 2. The van der Waals surface area contributed by atoms with Gasteiger partial charge >= 0.3 is 0 Å². The molecule has 1 N–H and O–H groups in total. The van der Waals surface area contributed by atoms with Gasteiger partial charge < -0.3 is 10.1 Å². The molecule has 4 heteroatoms. The number of hydrogen-bond donors (Lipinski definition) is 1. The summed E-state index contributed by atoms with van der Waals surface area (Å²) in [4.78, 5) is 0. The molecule has 0 bridgehead atoms. The standard InChI is InChI=1S/C16H17BrFNO/c1-3-19-10-12-8-11(2)4-7-16(12)20-13-5-6-14(17)15(18)9-13/h4-9,19H,3,10H2,1-2H3. The lowest BCUT2D eigenvalue weighted by molar-refractivity contribution is 0.467. The van der Waals surface area contributed by atoms with E-state index in [1.54, 1.807) is 12.1 Å². The van der Waals surface area contributed by atoms with Crippen LogP contribution in [0.1, 0.15) is 18.1 Å². The van der Waals surface area contributed by atoms with Crippen LogP contribution in [0.25, 0.3) is 0 Å². The third-order valence-electron chi connectivity index (χ3n) is 2.90. The second-order valence-corrected chi connectivity index (χ2v) is 5.42. The number of halogens is 2. The van der Waals surface area contributed by atoms with Gasteiger partial charge in [-0.25, -0.2) is 4.39 Å². The monoisotopic (exact) mass is 337 g/mol. The van der Waals surface area contributed by atoms with Crippen molar-refractivity contribution < 1.29 is 9.13 Å². The molecule has 0 aliphatic carbocycles. The second kappa shape index (κ2) is 6.86. The van der Waals surface area contributed by atoms with Gasteiger partial charge in [-0.3, -0.25) is 0 Å². The lowest BCUT2D eigenvalue weighted by Crippen LogP contribution is -2.12. The molecule has 0 saturated carbocycles. The first kappa shape index (κ1) is 15.0. The average Bonchev–Trinajstić information content (AvgIpc) is 2.43. The minimum absolute atomic E-state index is 0.331. The van der Waals surface area contributed by atoms with E-state index in [-0.39, 0.29) is 5.82 Å². The zero-order chi connectivity index (χ0) is 14.5. The highest BCUT2D eigenvalue weighted by atomic mass is 79.9. The Morgan fingerprint density at radius 2 is 2.00 bits per heavy atom. The average molecular weight is 338 g/mol. The van der Waals surface area contributed by atoms with Crippen molar-refractivity contribution in [1.82, 2.24) is 5.32 Å². The molecule has 0 aliphatic heterocycles. The molecule has 0 saturated heterocycles. The highest BCUT2D eigenvalue weighted by molar-refractivity contribution is 9.10. The number of aryl methyl sites for hydroxylation is 1. The third kappa shape index (κ3) is 3.81. The van der Waals surface area contributed by atoms with E-state index in [2.05, 4.69) is 34.2 Å². The Hall–Kier alpha value is -1.39. The normalized spacial score (nSPS) is 10.6. The molecule has 0 spiro atoms. The van der Waals surface area contributed by atoms with Crippen molar-refractivity contribution in [2.24, 2.45) is 0 Å². The molecule has 2 aromatic carbocycles. The highest BCUT2D eigenvalue weighted by Gasteiger charge is 2.07. The van der Waals surface area contributed by atoms with Gasteiger partial charge in [0.05, 0.1) is 4.47 Å². The van der Waals surface area contributed by atoms with Crippen molar-refractivity contribution in [3.63, 3.8) is 0 Å². The van der Waals surface area contributed by atoms with Gasteiger partial charge in [0.25, 0.3) is 0 Å². The maximum absolute atomic E-state index is 13.5. The molecule has 2 aromatic rings. The highest BCUT2D eigenvalue weighted by Crippen LogP contribution is 2.28. The second-order valence-electron chi connectivity index (χ2n) is 4.57. The number of benzene rings is 2. The van der Waals surface area contributed by atoms with Crippen molar-refractivity contribution in [3.05, 3.63) is 57.8 Å². The van der Waals surface area contributed by atoms with Crippen molar-refractivity contribution in [3.8, 4) is 11.5 Å². The summed E-state index contributed by atoms with van der Waals surface area (Å²) in [6.07, 6.45) is 0. The Bertz CT molecular complexity index is 601. The van der Waals surface area contributed by atoms with Crippen molar-refractivity contribution in [1.29, 1.82) is 0 Å². The van der Waals surface area contributed by atoms with Gasteiger partial charge in [0.1, 0.15) is 17.3 Å². The van der Waals surface area contributed by atoms with Crippen LogP contribution in [0.15, 0.2) is 40.9 Å². The Balaban J connectivity index is 2.25. The Morgan fingerprint density at radius 1 is 1.20 bits per heavy atom. The first-order valence-corrected chi connectivity index (χ1v) is 7.32. The third-order valence-corrected chi connectivity index (χ3v) is 3.54. The lowest BCUT2D eigenvalue weighted by Gasteiger charge is -2.12. The molecule has 0 heterocycles. The number of rotatable bonds is 5. The summed E-state index contributed by atoms with van der Waals surface area (Å²) < 4.78 is 19.7. The molecule has 0 radical (unpaired) electrons. The smallest absolute Gasteiger partial charge is 0.141 e. The molecule has 20 heavy (non-hydrogen) atoms. The van der Waals surface area contributed by atoms with E-state index in [1.165, 1.54) is 11.6 Å². The lowest BCUT2D eigenvalue weighted by atomic mass is 10.1. The molecule has 0 aromatic heterocycles. The van der Waals surface area contributed by atoms with Gasteiger partial charge in [-0.05, 0) is 47.6 Å². The maximum atomic E-state index is 13.5. The Morgan fingerprint density at radius 3 is 2.70 bits per heavy atom. The predicted octanol–water partition coefficient (Wildman–Crippen LogP) is 4.80. The number of nitrogens with one attached hydrogen (secondary N) is 1. The SMILES string of the molecule is CCNCc1cc(C)ccc1Oc1ccc(Br)c(F)c1. The predicted molar refractivity (Wildman–Crippen MR) is 82.7 cm³/mol. The van der Waals surface area contributed by atoms with Crippen LogP contribution in [-0.4, -0.2) is 6.54 Å². The van der Waals surface area contributed by atoms with E-state index in [4.69, 9.17) is 4.74 Å². The van der Waals surface area contributed by atoms with Crippen molar-refractivity contribution in [2.45, 2.75) is 20.4 Å². The van der Waals surface area contributed by atoms with Gasteiger partial charge in [0.2, 0.25) is 0 Å². The fourth-order valence-corrected chi connectivity index (χ4v) is 2.12. The zero-order valence-corrected chi connectivity index (χ0v) is 13.1. The minimum atomic E-state index is -0.331. The first-order chi connectivity index (χ1) is 9.60. The van der Waals surface area contributed by atoms with Gasteiger partial charge in [0, 0.05) is 18.2 Å². The van der Waals surface area contributed by atoms with E-state index in [9.17, 15) is 4.39 Å². The molecule has 2 rings (SSSR count). The molecule has 2 nitrogen and oxygen atoms in total. The van der Waals surface area contributed by atoms with Crippen LogP contribution < -0.4 is 10.1 Å². The summed E-state index contributed by atoms with van der Waals surface area (Å²) in [6.45, 7) is 5.71. The summed E-state index contributed by atoms with van der Waals surface area (Å²) in [7, 11) is 0. The van der Waals surface area contributed by atoms with Crippen LogP contribution in [0.5, 0.6) is 11.5 Å². The topological polar surface area (TPSA) is 21.3 Å². The summed E-state index contributed by atoms with van der Waals surface area (Å²) in [5.41, 5.74) is 2.24. The number of ether oxygens (including phenoxy) is 1. The van der Waals surface area contributed by atoms with Gasteiger partial charge in [-0.1, -0.05) is 24.6 Å². The minimum Gasteiger partial charge on any atom is -0.457 e. The summed E-state index contributed by atoms with van der Waals surface area (Å²) in [5, 5.41) is 3.28. The fourth-order valence-electron chi connectivity index (χ4n) is 1.87. The largest absolute Gasteiger partial charge is 0.457 e. The van der Waals surface area contributed by atoms with Crippen LogP contribution in [0.2, 0.25) is 0 Å². The van der Waals surface area contributed by atoms with E-state index >= 15 is 0 Å². The summed E-state index contributed by atoms with van der Waals surface area (Å²) in [6, 6.07) is 10.7. The molecular weight excluding hydrogens is 321 g/mol. The zero-order valence-electron chi connectivity index (χ0n) is 11.5. The van der Waals surface area contributed by atoms with Crippen LogP contribution >= 0.6 is 15.9 Å². The maximum Gasteiger partial charge on any atom is 0.141 e. The summed E-state index contributed by atoms with van der Waals surface area (Å²) in [5.74, 6) is 0.911. The van der Waals surface area contributed by atoms with E-state index in [0.29, 0.717) is 10.2 Å². The quantitative estimate of drug-likeness (QED) is 0.846. The molecule has 0 amide bonds. The van der Waals surface area contributed by atoms with Crippen LogP contribution in [0.3, 0.4) is 0 Å². The van der Waals surface area contributed by atoms with E-state index < -0.39 is 0 Å². The van der Waals surface area contributed by atoms with Gasteiger partial charge in [0.15, 0.2) is 0 Å². The first-order valence-electron chi connectivity index (χ1n) is 6.53. The van der Waals surface area contributed by atoms with Gasteiger partial charge in [-0.15, -0.1) is 0 Å². The van der Waals surface area contributed by atoms with E-state index in [0.717, 1.165) is 24.4 Å². The Labute approximate surface area is 127 Å². The fraction of sp³-hybridized carbons (Fsp3) is 0.250.